The summed E-state index contributed by atoms with van der Waals surface area (Å²) in [5, 5.41) is 3.30. The van der Waals surface area contributed by atoms with E-state index < -0.39 is 5.67 Å². The van der Waals surface area contributed by atoms with Crippen LogP contribution in [0.15, 0.2) is 22.7 Å². The van der Waals surface area contributed by atoms with Crippen LogP contribution in [-0.4, -0.2) is 38.6 Å². The van der Waals surface area contributed by atoms with Gasteiger partial charge in [0.2, 0.25) is 0 Å². The van der Waals surface area contributed by atoms with Crippen LogP contribution in [0.25, 0.3) is 0 Å². The number of hydrogen-bond acceptors (Lipinski definition) is 3. The highest BCUT2D eigenvalue weighted by molar-refractivity contribution is 9.10. The molecule has 0 saturated carbocycles. The van der Waals surface area contributed by atoms with Crippen LogP contribution in [0.1, 0.15) is 18.9 Å². The molecule has 5 heteroatoms. The van der Waals surface area contributed by atoms with E-state index in [0.29, 0.717) is 26.1 Å². The van der Waals surface area contributed by atoms with E-state index in [1.54, 1.807) is 14.0 Å². The minimum absolute atomic E-state index is 0.0862. The average molecular weight is 346 g/mol. The third kappa shape index (κ3) is 4.43. The van der Waals surface area contributed by atoms with Crippen molar-refractivity contribution >= 4 is 15.9 Å². The van der Waals surface area contributed by atoms with Gasteiger partial charge in [-0.2, -0.15) is 0 Å². The first-order chi connectivity index (χ1) is 9.50. The Kier molecular flexibility index (Phi) is 5.41. The summed E-state index contributed by atoms with van der Waals surface area (Å²) in [6, 6.07) is 5.72. The third-order valence-electron chi connectivity index (χ3n) is 3.48. The zero-order valence-electron chi connectivity index (χ0n) is 11.9. The number of ether oxygens (including phenoxy) is 2. The van der Waals surface area contributed by atoms with Gasteiger partial charge in [0.1, 0.15) is 11.4 Å². The molecule has 0 amide bonds. The topological polar surface area (TPSA) is 30.5 Å². The van der Waals surface area contributed by atoms with Crippen LogP contribution in [0.3, 0.4) is 0 Å². The molecule has 1 aliphatic heterocycles. The second-order valence-electron chi connectivity index (χ2n) is 5.48. The van der Waals surface area contributed by atoms with Gasteiger partial charge in [0.05, 0.1) is 20.3 Å². The van der Waals surface area contributed by atoms with Gasteiger partial charge in [-0.25, -0.2) is 4.39 Å². The van der Waals surface area contributed by atoms with Crippen LogP contribution >= 0.6 is 15.9 Å². The van der Waals surface area contributed by atoms with E-state index in [-0.39, 0.29) is 6.04 Å². The summed E-state index contributed by atoms with van der Waals surface area (Å²) in [4.78, 5) is 0. The summed E-state index contributed by atoms with van der Waals surface area (Å²) in [5.74, 6) is 0.748. The molecule has 2 rings (SSSR count). The lowest BCUT2D eigenvalue weighted by Crippen LogP contribution is -2.45. The van der Waals surface area contributed by atoms with Crippen molar-refractivity contribution in [3.05, 3.63) is 28.2 Å². The maximum atomic E-state index is 14.8. The molecule has 1 N–H and O–H groups in total. The van der Waals surface area contributed by atoms with Crippen molar-refractivity contribution in [2.75, 3.05) is 26.9 Å². The van der Waals surface area contributed by atoms with E-state index in [4.69, 9.17) is 9.47 Å². The highest BCUT2D eigenvalue weighted by atomic mass is 79.9. The molecule has 0 radical (unpaired) electrons. The van der Waals surface area contributed by atoms with Crippen molar-refractivity contribution in [2.24, 2.45) is 0 Å². The number of rotatable bonds is 5. The molecule has 0 aromatic heterocycles. The van der Waals surface area contributed by atoms with Crippen molar-refractivity contribution in [3.63, 3.8) is 0 Å². The quantitative estimate of drug-likeness (QED) is 0.889. The normalized spacial score (nSPS) is 22.3. The summed E-state index contributed by atoms with van der Waals surface area (Å²) in [5.41, 5.74) is -0.362. The van der Waals surface area contributed by atoms with Crippen molar-refractivity contribution in [3.8, 4) is 5.75 Å². The maximum absolute atomic E-state index is 14.8. The third-order valence-corrected chi connectivity index (χ3v) is 4.26. The SMILES string of the molecule is COc1ccc(Br)c(CC(C)(F)CC2COCCN2)c1. The average Bonchev–Trinajstić information content (AvgIpc) is 2.41. The Hall–Kier alpha value is -0.650. The van der Waals surface area contributed by atoms with Gasteiger partial charge in [0.15, 0.2) is 0 Å². The smallest absolute Gasteiger partial charge is 0.119 e. The Morgan fingerprint density at radius 1 is 1.55 bits per heavy atom. The summed E-state index contributed by atoms with van der Waals surface area (Å²) >= 11 is 3.47. The molecule has 0 spiro atoms. The molecule has 2 atom stereocenters. The summed E-state index contributed by atoms with van der Waals surface area (Å²) in [7, 11) is 1.62. The number of morpholine rings is 1. The van der Waals surface area contributed by atoms with Crippen LogP contribution in [-0.2, 0) is 11.2 Å². The van der Waals surface area contributed by atoms with Gasteiger partial charge >= 0.3 is 0 Å². The molecule has 20 heavy (non-hydrogen) atoms. The van der Waals surface area contributed by atoms with Crippen molar-refractivity contribution in [1.82, 2.24) is 5.32 Å². The van der Waals surface area contributed by atoms with E-state index in [0.717, 1.165) is 22.3 Å². The van der Waals surface area contributed by atoms with Gasteiger partial charge in [-0.05, 0) is 37.1 Å². The number of halogens is 2. The van der Waals surface area contributed by atoms with Gasteiger partial charge in [0, 0.05) is 23.5 Å². The first kappa shape index (κ1) is 15.7. The second kappa shape index (κ2) is 6.87. The molecule has 1 fully saturated rings. The highest BCUT2D eigenvalue weighted by Gasteiger charge is 2.30. The molecule has 112 valence electrons. The second-order valence-corrected chi connectivity index (χ2v) is 6.33. The number of alkyl halides is 1. The van der Waals surface area contributed by atoms with Crippen molar-refractivity contribution in [1.29, 1.82) is 0 Å². The summed E-state index contributed by atoms with van der Waals surface area (Å²) in [6.45, 7) is 3.73. The molecule has 3 nitrogen and oxygen atoms in total. The maximum Gasteiger partial charge on any atom is 0.119 e. The molecular weight excluding hydrogens is 325 g/mol. The fraction of sp³-hybridized carbons (Fsp3) is 0.600. The number of methoxy groups -OCH3 is 1. The van der Waals surface area contributed by atoms with E-state index >= 15 is 0 Å². The molecule has 1 heterocycles. The molecule has 1 aliphatic rings. The van der Waals surface area contributed by atoms with Crippen LogP contribution < -0.4 is 10.1 Å². The standard InChI is InChI=1S/C15H21BrFNO2/c1-15(17,9-12-10-20-6-5-18-12)8-11-7-13(19-2)3-4-14(11)16/h3-4,7,12,18H,5-6,8-10H2,1-2H3. The summed E-state index contributed by atoms with van der Waals surface area (Å²) in [6.07, 6.45) is 0.791. The number of benzene rings is 1. The van der Waals surface area contributed by atoms with E-state index in [9.17, 15) is 4.39 Å². The lowest BCUT2D eigenvalue weighted by atomic mass is 9.91. The van der Waals surface area contributed by atoms with Gasteiger partial charge in [-0.15, -0.1) is 0 Å². The summed E-state index contributed by atoms with van der Waals surface area (Å²) < 4.78 is 26.3. The molecule has 1 aromatic carbocycles. The number of hydrogen-bond donors (Lipinski definition) is 1. The molecule has 2 unspecified atom stereocenters. The van der Waals surface area contributed by atoms with E-state index in [2.05, 4.69) is 21.2 Å². The Balaban J connectivity index is 2.02. The predicted molar refractivity (Wildman–Crippen MR) is 81.1 cm³/mol. The van der Waals surface area contributed by atoms with Gasteiger partial charge in [0.25, 0.3) is 0 Å². The van der Waals surface area contributed by atoms with Crippen LogP contribution in [0, 0.1) is 0 Å². The van der Waals surface area contributed by atoms with Gasteiger partial charge < -0.3 is 14.8 Å². The molecule has 1 aromatic rings. The molecule has 0 aliphatic carbocycles. The van der Waals surface area contributed by atoms with Gasteiger partial charge in [-0.1, -0.05) is 15.9 Å². The van der Waals surface area contributed by atoms with Crippen LogP contribution in [0.5, 0.6) is 5.75 Å². The largest absolute Gasteiger partial charge is 0.497 e. The molecular formula is C15H21BrFNO2. The van der Waals surface area contributed by atoms with Crippen LogP contribution in [0.4, 0.5) is 4.39 Å². The Bertz CT molecular complexity index is 447. The number of nitrogens with one attached hydrogen (secondary N) is 1. The Morgan fingerprint density at radius 3 is 3.00 bits per heavy atom. The van der Waals surface area contributed by atoms with E-state index in [1.807, 2.05) is 18.2 Å². The van der Waals surface area contributed by atoms with Crippen LogP contribution in [0.2, 0.25) is 0 Å². The Labute approximate surface area is 128 Å². The fourth-order valence-electron chi connectivity index (χ4n) is 2.55. The minimum atomic E-state index is -1.28. The zero-order valence-corrected chi connectivity index (χ0v) is 13.5. The molecule has 0 bridgehead atoms. The minimum Gasteiger partial charge on any atom is -0.497 e. The first-order valence-electron chi connectivity index (χ1n) is 6.83. The first-order valence-corrected chi connectivity index (χ1v) is 7.62. The van der Waals surface area contributed by atoms with Crippen molar-refractivity contribution < 1.29 is 13.9 Å². The monoisotopic (exact) mass is 345 g/mol. The molecule has 1 saturated heterocycles. The lowest BCUT2D eigenvalue weighted by molar-refractivity contribution is 0.0483. The van der Waals surface area contributed by atoms with Crippen molar-refractivity contribution in [2.45, 2.75) is 31.5 Å². The fourth-order valence-corrected chi connectivity index (χ4v) is 2.93. The lowest BCUT2D eigenvalue weighted by Gasteiger charge is -2.30. The Morgan fingerprint density at radius 2 is 2.35 bits per heavy atom. The zero-order chi connectivity index (χ0) is 14.6. The van der Waals surface area contributed by atoms with E-state index in [1.165, 1.54) is 0 Å². The van der Waals surface area contributed by atoms with Gasteiger partial charge in [-0.3, -0.25) is 0 Å². The highest BCUT2D eigenvalue weighted by Crippen LogP contribution is 2.30. The predicted octanol–water partition coefficient (Wildman–Crippen LogP) is 3.11.